The lowest BCUT2D eigenvalue weighted by Gasteiger charge is -2.06. The molecule has 0 heterocycles. The fraction of sp³-hybridized carbons (Fsp3) is 0.278. The van der Waals surface area contributed by atoms with Crippen LogP contribution in [0.4, 0.5) is 5.69 Å². The smallest absolute Gasteiger partial charge is 0.224 e. The quantitative estimate of drug-likeness (QED) is 0.603. The van der Waals surface area contributed by atoms with Gasteiger partial charge >= 0.3 is 0 Å². The van der Waals surface area contributed by atoms with E-state index >= 15 is 0 Å². The molecule has 0 saturated carbocycles. The lowest BCUT2D eigenvalue weighted by Crippen LogP contribution is -2.11. The highest BCUT2D eigenvalue weighted by molar-refractivity contribution is 7.99. The minimum Gasteiger partial charge on any atom is -0.497 e. The molecule has 0 atom stereocenters. The Morgan fingerprint density at radius 1 is 1.09 bits per heavy atom. The van der Waals surface area contributed by atoms with E-state index in [2.05, 4.69) is 5.32 Å². The average Bonchev–Trinajstić information content (AvgIpc) is 2.54. The molecule has 0 radical (unpaired) electrons. The summed E-state index contributed by atoms with van der Waals surface area (Å²) >= 11 is 1.75. The van der Waals surface area contributed by atoms with E-state index in [1.54, 1.807) is 18.9 Å². The number of nitrogens with one attached hydrogen (secondary N) is 1. The van der Waals surface area contributed by atoms with Gasteiger partial charge in [-0.15, -0.1) is 11.8 Å². The molecule has 22 heavy (non-hydrogen) atoms. The summed E-state index contributed by atoms with van der Waals surface area (Å²) < 4.78 is 5.13. The van der Waals surface area contributed by atoms with Crippen LogP contribution in [0.15, 0.2) is 53.4 Å². The maximum atomic E-state index is 11.9. The highest BCUT2D eigenvalue weighted by Crippen LogP contribution is 2.22. The standard InChI is InChI=1S/C18H21NO2S/c1-14-5-7-15(8-6-14)19-18(20)4-3-13-22-17-11-9-16(21-2)10-12-17/h5-12H,3-4,13H2,1-2H3,(H,19,20). The Bertz CT molecular complexity index is 593. The van der Waals surface area contributed by atoms with Gasteiger partial charge in [0.25, 0.3) is 0 Å². The largest absolute Gasteiger partial charge is 0.497 e. The summed E-state index contributed by atoms with van der Waals surface area (Å²) in [6.07, 6.45) is 1.39. The second kappa shape index (κ2) is 8.49. The molecule has 0 spiro atoms. The van der Waals surface area contributed by atoms with E-state index < -0.39 is 0 Å². The lowest BCUT2D eigenvalue weighted by molar-refractivity contribution is -0.116. The van der Waals surface area contributed by atoms with Gasteiger partial charge in [0.2, 0.25) is 5.91 Å². The molecule has 0 fully saturated rings. The Morgan fingerprint density at radius 2 is 1.77 bits per heavy atom. The van der Waals surface area contributed by atoms with Crippen LogP contribution in [0.1, 0.15) is 18.4 Å². The molecule has 2 aromatic rings. The van der Waals surface area contributed by atoms with Crippen molar-refractivity contribution in [1.82, 2.24) is 0 Å². The van der Waals surface area contributed by atoms with E-state index in [4.69, 9.17) is 4.74 Å². The zero-order valence-corrected chi connectivity index (χ0v) is 13.8. The predicted molar refractivity (Wildman–Crippen MR) is 92.8 cm³/mol. The van der Waals surface area contributed by atoms with E-state index in [9.17, 15) is 4.79 Å². The van der Waals surface area contributed by atoms with Gasteiger partial charge in [-0.05, 0) is 55.5 Å². The molecule has 1 N–H and O–H groups in total. The first-order valence-corrected chi connectivity index (χ1v) is 8.29. The number of benzene rings is 2. The molecule has 4 heteroatoms. The van der Waals surface area contributed by atoms with E-state index in [-0.39, 0.29) is 5.91 Å². The van der Waals surface area contributed by atoms with Crippen LogP contribution in [0, 0.1) is 6.92 Å². The minimum absolute atomic E-state index is 0.0687. The number of hydrogen-bond acceptors (Lipinski definition) is 3. The molecule has 2 rings (SSSR count). The van der Waals surface area contributed by atoms with Crippen LogP contribution >= 0.6 is 11.8 Å². The summed E-state index contributed by atoms with van der Waals surface area (Å²) in [5.74, 6) is 1.86. The Morgan fingerprint density at radius 3 is 2.41 bits per heavy atom. The number of carbonyl (C=O) groups is 1. The van der Waals surface area contributed by atoms with E-state index in [0.29, 0.717) is 6.42 Å². The zero-order valence-electron chi connectivity index (χ0n) is 13.0. The van der Waals surface area contributed by atoms with Crippen molar-refractivity contribution in [1.29, 1.82) is 0 Å². The summed E-state index contributed by atoms with van der Waals surface area (Å²) in [5, 5.41) is 2.92. The summed E-state index contributed by atoms with van der Waals surface area (Å²) in [5.41, 5.74) is 2.05. The van der Waals surface area contributed by atoms with Gasteiger partial charge in [0, 0.05) is 17.0 Å². The van der Waals surface area contributed by atoms with E-state index in [1.165, 1.54) is 10.5 Å². The van der Waals surface area contributed by atoms with Crippen LogP contribution in [0.25, 0.3) is 0 Å². The van der Waals surface area contributed by atoms with Crippen molar-refractivity contribution in [2.24, 2.45) is 0 Å². The summed E-state index contributed by atoms with van der Waals surface area (Å²) in [6.45, 7) is 2.03. The topological polar surface area (TPSA) is 38.3 Å². The highest BCUT2D eigenvalue weighted by atomic mass is 32.2. The molecule has 0 aliphatic rings. The molecule has 0 unspecified atom stereocenters. The second-order valence-electron chi connectivity index (χ2n) is 5.04. The number of thioether (sulfide) groups is 1. The third kappa shape index (κ3) is 5.45. The highest BCUT2D eigenvalue weighted by Gasteiger charge is 2.03. The van der Waals surface area contributed by atoms with Crippen molar-refractivity contribution in [2.45, 2.75) is 24.7 Å². The van der Waals surface area contributed by atoms with Gasteiger partial charge in [0.15, 0.2) is 0 Å². The van der Waals surface area contributed by atoms with E-state index in [0.717, 1.165) is 23.6 Å². The average molecular weight is 315 g/mol. The van der Waals surface area contributed by atoms with Crippen LogP contribution in [0.2, 0.25) is 0 Å². The number of carbonyl (C=O) groups excluding carboxylic acids is 1. The number of methoxy groups -OCH3 is 1. The lowest BCUT2D eigenvalue weighted by atomic mass is 10.2. The molecular formula is C18H21NO2S. The molecular weight excluding hydrogens is 294 g/mol. The van der Waals surface area contributed by atoms with Crippen molar-refractivity contribution >= 4 is 23.4 Å². The molecule has 1 amide bonds. The Labute approximate surface area is 136 Å². The third-order valence-electron chi connectivity index (χ3n) is 3.21. The number of rotatable bonds is 7. The van der Waals surface area contributed by atoms with Gasteiger partial charge in [0.05, 0.1) is 7.11 Å². The van der Waals surface area contributed by atoms with Crippen molar-refractivity contribution in [3.8, 4) is 5.75 Å². The molecule has 2 aromatic carbocycles. The van der Waals surface area contributed by atoms with E-state index in [1.807, 2.05) is 55.5 Å². The van der Waals surface area contributed by atoms with Gasteiger partial charge in [-0.25, -0.2) is 0 Å². The first kappa shape index (κ1) is 16.4. The molecule has 0 aromatic heterocycles. The number of amides is 1. The van der Waals surface area contributed by atoms with Gasteiger partial charge < -0.3 is 10.1 Å². The monoisotopic (exact) mass is 315 g/mol. The Balaban J connectivity index is 1.67. The van der Waals surface area contributed by atoms with Gasteiger partial charge in [0.1, 0.15) is 5.75 Å². The molecule has 0 bridgehead atoms. The van der Waals surface area contributed by atoms with Crippen LogP contribution in [-0.2, 0) is 4.79 Å². The fourth-order valence-electron chi connectivity index (χ4n) is 1.96. The second-order valence-corrected chi connectivity index (χ2v) is 6.21. The van der Waals surface area contributed by atoms with Crippen molar-refractivity contribution in [2.75, 3.05) is 18.2 Å². The van der Waals surface area contributed by atoms with Crippen LogP contribution in [0.5, 0.6) is 5.75 Å². The van der Waals surface area contributed by atoms with Gasteiger partial charge in [-0.2, -0.15) is 0 Å². The molecule has 3 nitrogen and oxygen atoms in total. The fourth-order valence-corrected chi connectivity index (χ4v) is 2.81. The minimum atomic E-state index is 0.0687. The summed E-state index contributed by atoms with van der Waals surface area (Å²) in [4.78, 5) is 13.0. The predicted octanol–water partition coefficient (Wildman–Crippen LogP) is 4.51. The van der Waals surface area contributed by atoms with Gasteiger partial charge in [-0.3, -0.25) is 4.79 Å². The van der Waals surface area contributed by atoms with Crippen molar-refractivity contribution in [3.63, 3.8) is 0 Å². The van der Waals surface area contributed by atoms with Gasteiger partial charge in [-0.1, -0.05) is 17.7 Å². The van der Waals surface area contributed by atoms with Crippen LogP contribution in [-0.4, -0.2) is 18.8 Å². The molecule has 0 aliphatic heterocycles. The van der Waals surface area contributed by atoms with Crippen LogP contribution < -0.4 is 10.1 Å². The maximum absolute atomic E-state index is 11.9. The Hall–Kier alpha value is -1.94. The third-order valence-corrected chi connectivity index (χ3v) is 4.31. The number of ether oxygens (including phenoxy) is 1. The summed E-state index contributed by atoms with van der Waals surface area (Å²) in [6, 6.07) is 15.8. The SMILES string of the molecule is COc1ccc(SCCCC(=O)Nc2ccc(C)cc2)cc1. The molecule has 0 saturated heterocycles. The molecule has 0 aliphatic carbocycles. The number of anilines is 1. The maximum Gasteiger partial charge on any atom is 0.224 e. The first-order valence-electron chi connectivity index (χ1n) is 7.31. The number of aryl methyl sites for hydroxylation is 1. The van der Waals surface area contributed by atoms with Crippen molar-refractivity contribution in [3.05, 3.63) is 54.1 Å². The van der Waals surface area contributed by atoms with Crippen molar-refractivity contribution < 1.29 is 9.53 Å². The summed E-state index contributed by atoms with van der Waals surface area (Å²) in [7, 11) is 1.66. The normalized spacial score (nSPS) is 10.3. The first-order chi connectivity index (χ1) is 10.7. The molecule has 116 valence electrons. The van der Waals surface area contributed by atoms with Crippen LogP contribution in [0.3, 0.4) is 0 Å². The zero-order chi connectivity index (χ0) is 15.8. The number of hydrogen-bond donors (Lipinski definition) is 1. The Kier molecular flexibility index (Phi) is 6.34.